The molecule has 9 nitrogen and oxygen atoms in total. The molecule has 38 heavy (non-hydrogen) atoms. The van der Waals surface area contributed by atoms with E-state index in [1.54, 1.807) is 18.3 Å². The van der Waals surface area contributed by atoms with Gasteiger partial charge in [-0.25, -0.2) is 0 Å². The average Bonchev–Trinajstić information content (AvgIpc) is 2.91. The second-order valence-electron chi connectivity index (χ2n) is 9.78. The number of para-hydroxylation sites is 1. The molecule has 2 amide bonds. The Labute approximate surface area is 224 Å². The van der Waals surface area contributed by atoms with Crippen molar-refractivity contribution in [1.29, 1.82) is 0 Å². The van der Waals surface area contributed by atoms with E-state index in [-0.39, 0.29) is 11.8 Å². The van der Waals surface area contributed by atoms with E-state index in [1.165, 1.54) is 0 Å². The second-order valence-corrected chi connectivity index (χ2v) is 9.78. The summed E-state index contributed by atoms with van der Waals surface area (Å²) in [5, 5.41) is 6.59. The number of nitrogens with two attached hydrogens (primary N) is 3. The van der Waals surface area contributed by atoms with Gasteiger partial charge < -0.3 is 32.3 Å². The van der Waals surface area contributed by atoms with E-state index in [9.17, 15) is 9.59 Å². The molecular weight excluding hydrogens is 478 g/mol. The lowest BCUT2D eigenvalue weighted by Crippen LogP contribution is -2.52. The van der Waals surface area contributed by atoms with Gasteiger partial charge in [-0.3, -0.25) is 14.6 Å². The molecule has 0 aliphatic rings. The molecule has 2 atom stereocenters. The largest absolute Gasteiger partial charge is 0.340 e. The van der Waals surface area contributed by atoms with Crippen molar-refractivity contribution in [2.75, 3.05) is 45.1 Å². The third kappa shape index (κ3) is 8.74. The van der Waals surface area contributed by atoms with Gasteiger partial charge in [0.1, 0.15) is 6.04 Å². The number of pyridine rings is 1. The highest BCUT2D eigenvalue weighted by Crippen LogP contribution is 2.16. The highest BCUT2D eigenvalue weighted by atomic mass is 16.2. The monoisotopic (exact) mass is 518 g/mol. The Hall–Kier alpha value is -3.63. The molecule has 0 unspecified atom stereocenters. The summed E-state index contributed by atoms with van der Waals surface area (Å²) >= 11 is 0. The number of nitrogens with one attached hydrogen (secondary N) is 2. The van der Waals surface area contributed by atoms with Gasteiger partial charge in [0, 0.05) is 18.5 Å². The lowest BCUT2D eigenvalue weighted by atomic mass is 10.1. The summed E-state index contributed by atoms with van der Waals surface area (Å²) in [5.74, 6) is -0.767. The number of quaternary nitrogens is 1. The number of anilines is 1. The quantitative estimate of drug-likeness (QED) is 0.206. The molecule has 8 N–H and O–H groups in total. The van der Waals surface area contributed by atoms with Crippen LogP contribution in [0.25, 0.3) is 17.0 Å². The third-order valence-corrected chi connectivity index (χ3v) is 6.61. The number of nitrogens with zero attached hydrogens (tertiary/aromatic N) is 2. The number of carbonyl (C=O) groups excluding carboxylic acids is 2. The van der Waals surface area contributed by atoms with Crippen molar-refractivity contribution in [3.63, 3.8) is 0 Å². The van der Waals surface area contributed by atoms with Crippen LogP contribution in [0.15, 0.2) is 72.9 Å². The molecular formula is C29H40N7O2+. The first-order chi connectivity index (χ1) is 18.3. The minimum absolute atomic E-state index is 0.383. The van der Waals surface area contributed by atoms with Crippen LogP contribution in [0.3, 0.4) is 0 Å². The van der Waals surface area contributed by atoms with Crippen LogP contribution in [0, 0.1) is 0 Å². The number of carbonyl (C=O) groups is 2. The maximum absolute atomic E-state index is 13.2. The van der Waals surface area contributed by atoms with Crippen molar-refractivity contribution in [2.24, 2.45) is 17.2 Å². The number of likely N-dealkylation sites (N-methyl/N-ethyl adjacent to an activating group) is 1. The zero-order chi connectivity index (χ0) is 27.4. The molecule has 0 saturated carbocycles. The number of rotatable bonds is 14. The van der Waals surface area contributed by atoms with E-state index in [0.29, 0.717) is 25.2 Å². The summed E-state index contributed by atoms with van der Waals surface area (Å²) in [4.78, 5) is 30.6. The summed E-state index contributed by atoms with van der Waals surface area (Å²) < 4.78 is 0.742. The summed E-state index contributed by atoms with van der Waals surface area (Å²) in [6.07, 6.45) is 6.30. The van der Waals surface area contributed by atoms with Gasteiger partial charge in [0.2, 0.25) is 5.91 Å². The van der Waals surface area contributed by atoms with Crippen molar-refractivity contribution in [3.8, 4) is 0 Å². The molecule has 0 fully saturated rings. The minimum Gasteiger partial charge on any atom is -0.340 e. The minimum atomic E-state index is -0.921. The van der Waals surface area contributed by atoms with Crippen LogP contribution in [0.5, 0.6) is 0 Å². The standard InChI is InChI=1S/C29H39N7O2/c1-36(18-15-30,19-16-31)17-7-11-25(32)28(37)35-27(14-13-22-8-3-2-4-9-22)29(38)34-24-20-23-10-5-6-12-26(23)33-21-24/h2-6,8-10,12-14,20-21,25,27H,7,11,15-19,30-32H2,1H3,(H-,34,35,37,38)/p+1/b14-13+/t25-,27+/m0/s1. The van der Waals surface area contributed by atoms with Gasteiger partial charge in [0.25, 0.3) is 5.91 Å². The van der Waals surface area contributed by atoms with Crippen LogP contribution < -0.4 is 27.8 Å². The van der Waals surface area contributed by atoms with Gasteiger partial charge in [0.05, 0.1) is 50.1 Å². The molecule has 0 bridgehead atoms. The van der Waals surface area contributed by atoms with Crippen molar-refractivity contribution in [3.05, 3.63) is 78.5 Å². The maximum Gasteiger partial charge on any atom is 0.251 e. The SMILES string of the molecule is C[N+](CCN)(CCN)CCC[C@H](N)C(=O)N[C@H](/C=C/c1ccccc1)C(=O)Nc1cnc2ccccc2c1. The van der Waals surface area contributed by atoms with Gasteiger partial charge in [-0.2, -0.15) is 0 Å². The lowest BCUT2D eigenvalue weighted by molar-refractivity contribution is -0.907. The van der Waals surface area contributed by atoms with Crippen molar-refractivity contribution < 1.29 is 14.1 Å². The predicted molar refractivity (Wildman–Crippen MR) is 154 cm³/mol. The van der Waals surface area contributed by atoms with E-state index in [0.717, 1.165) is 47.0 Å². The van der Waals surface area contributed by atoms with Gasteiger partial charge in [-0.1, -0.05) is 60.7 Å². The van der Waals surface area contributed by atoms with Gasteiger partial charge in [-0.05, 0) is 30.5 Å². The van der Waals surface area contributed by atoms with Crippen LogP contribution in [-0.4, -0.2) is 73.1 Å². The number of aromatic nitrogens is 1. The van der Waals surface area contributed by atoms with E-state index in [1.807, 2.05) is 60.7 Å². The van der Waals surface area contributed by atoms with Crippen LogP contribution >= 0.6 is 0 Å². The highest BCUT2D eigenvalue weighted by Gasteiger charge is 2.24. The highest BCUT2D eigenvalue weighted by molar-refractivity contribution is 6.00. The van der Waals surface area contributed by atoms with E-state index >= 15 is 0 Å². The van der Waals surface area contributed by atoms with E-state index < -0.39 is 12.1 Å². The Bertz CT molecular complexity index is 1210. The fourth-order valence-electron chi connectivity index (χ4n) is 4.38. The number of amides is 2. The van der Waals surface area contributed by atoms with Gasteiger partial charge in [-0.15, -0.1) is 0 Å². The summed E-state index contributed by atoms with van der Waals surface area (Å²) in [6.45, 7) is 3.59. The van der Waals surface area contributed by atoms with Crippen LogP contribution in [0.2, 0.25) is 0 Å². The van der Waals surface area contributed by atoms with Crippen molar-refractivity contribution >= 4 is 34.5 Å². The first-order valence-electron chi connectivity index (χ1n) is 13.0. The molecule has 3 aromatic rings. The molecule has 0 spiro atoms. The number of hydrogen-bond acceptors (Lipinski definition) is 6. The Morgan fingerprint density at radius 3 is 2.37 bits per heavy atom. The lowest BCUT2D eigenvalue weighted by Gasteiger charge is -2.34. The molecule has 3 rings (SSSR count). The zero-order valence-corrected chi connectivity index (χ0v) is 22.1. The van der Waals surface area contributed by atoms with E-state index in [4.69, 9.17) is 17.2 Å². The molecule has 0 aliphatic carbocycles. The van der Waals surface area contributed by atoms with Gasteiger partial charge >= 0.3 is 0 Å². The second kappa shape index (κ2) is 14.3. The molecule has 0 saturated heterocycles. The topological polar surface area (TPSA) is 149 Å². The molecule has 1 heterocycles. The molecule has 0 radical (unpaired) electrons. The molecule has 9 heteroatoms. The Morgan fingerprint density at radius 1 is 0.974 bits per heavy atom. The number of fused-ring (bicyclic) bond motifs is 1. The number of benzene rings is 2. The fraction of sp³-hybridized carbons (Fsp3) is 0.345. The summed E-state index contributed by atoms with van der Waals surface area (Å²) in [6, 6.07) is 17.4. The smallest absolute Gasteiger partial charge is 0.251 e. The van der Waals surface area contributed by atoms with Crippen LogP contribution in [-0.2, 0) is 9.59 Å². The summed E-state index contributed by atoms with van der Waals surface area (Å²) in [7, 11) is 2.11. The Morgan fingerprint density at radius 2 is 1.66 bits per heavy atom. The molecule has 202 valence electrons. The summed E-state index contributed by atoms with van der Waals surface area (Å²) in [5.41, 5.74) is 20.1. The molecule has 0 aliphatic heterocycles. The van der Waals surface area contributed by atoms with Gasteiger partial charge in [0.15, 0.2) is 0 Å². The first-order valence-corrected chi connectivity index (χ1v) is 13.0. The zero-order valence-electron chi connectivity index (χ0n) is 22.1. The van der Waals surface area contributed by atoms with Crippen LogP contribution in [0.1, 0.15) is 18.4 Å². The normalized spacial score (nSPS) is 13.4. The van der Waals surface area contributed by atoms with Crippen LogP contribution in [0.4, 0.5) is 5.69 Å². The Balaban J connectivity index is 1.67. The average molecular weight is 519 g/mol. The number of hydrogen-bond donors (Lipinski definition) is 5. The molecule has 1 aromatic heterocycles. The van der Waals surface area contributed by atoms with E-state index in [2.05, 4.69) is 22.7 Å². The maximum atomic E-state index is 13.2. The molecule has 2 aromatic carbocycles. The van der Waals surface area contributed by atoms with Crippen molar-refractivity contribution in [1.82, 2.24) is 10.3 Å². The first kappa shape index (κ1) is 28.9. The fourth-order valence-corrected chi connectivity index (χ4v) is 4.38. The third-order valence-electron chi connectivity index (χ3n) is 6.61. The predicted octanol–water partition coefficient (Wildman–Crippen LogP) is 1.84. The Kier molecular flexibility index (Phi) is 10.9. The van der Waals surface area contributed by atoms with Crippen molar-refractivity contribution in [2.45, 2.75) is 24.9 Å².